The number of fused-ring (bicyclic) bond motifs is 6. The molecule has 2 nitrogen and oxygen atoms in total. The zero-order chi connectivity index (χ0) is 20.2. The van der Waals surface area contributed by atoms with Crippen molar-refractivity contribution in [3.8, 4) is 0 Å². The minimum Gasteiger partial charge on any atom is -0.299 e. The first kappa shape index (κ1) is 17.7. The zero-order valence-corrected chi connectivity index (χ0v) is 18.4. The molecular formula is C26H30N2. The van der Waals surface area contributed by atoms with Gasteiger partial charge in [0.05, 0.1) is 11.0 Å². The van der Waals surface area contributed by atoms with Crippen molar-refractivity contribution in [3.05, 3.63) is 58.8 Å². The summed E-state index contributed by atoms with van der Waals surface area (Å²) in [6, 6.07) is 11.5. The lowest BCUT2D eigenvalue weighted by molar-refractivity contribution is 0.125. The van der Waals surface area contributed by atoms with Gasteiger partial charge < -0.3 is 0 Å². The molecule has 0 amide bonds. The van der Waals surface area contributed by atoms with Gasteiger partial charge in [0.1, 0.15) is 5.65 Å². The number of aromatic nitrogens is 2. The second kappa shape index (κ2) is 4.97. The molecular weight excluding hydrogens is 340 g/mol. The summed E-state index contributed by atoms with van der Waals surface area (Å²) in [5.41, 5.74) is 9.27. The molecule has 0 saturated heterocycles. The Morgan fingerprint density at radius 3 is 2.11 bits per heavy atom. The standard InChI is InChI=1S/C26H30N2/c1-15-9-10-17-16(2)14-28-22-13-20-19(12-21(22)27-23(28)18(17)11-15)24(3,4)26(7,8)25(20,5)6/h9-14H,1-8H3. The second-order valence-corrected chi connectivity index (χ2v) is 10.4. The summed E-state index contributed by atoms with van der Waals surface area (Å²) in [6.45, 7) is 18.8. The molecule has 2 heterocycles. The Morgan fingerprint density at radius 2 is 1.43 bits per heavy atom. The van der Waals surface area contributed by atoms with Crippen LogP contribution in [0.25, 0.3) is 27.5 Å². The average Bonchev–Trinajstić information content (AvgIpc) is 3.01. The van der Waals surface area contributed by atoms with Crippen LogP contribution in [0.4, 0.5) is 0 Å². The molecule has 28 heavy (non-hydrogen) atoms. The Kier molecular flexibility index (Phi) is 3.15. The predicted octanol–water partition coefficient (Wildman–Crippen LogP) is 6.85. The molecule has 0 bridgehead atoms. The monoisotopic (exact) mass is 370 g/mol. The number of aryl methyl sites for hydroxylation is 2. The number of hydrogen-bond donors (Lipinski definition) is 0. The molecule has 0 aliphatic heterocycles. The van der Waals surface area contributed by atoms with Crippen LogP contribution in [0, 0.1) is 19.3 Å². The molecule has 0 fully saturated rings. The van der Waals surface area contributed by atoms with Crippen molar-refractivity contribution in [3.63, 3.8) is 0 Å². The van der Waals surface area contributed by atoms with E-state index in [9.17, 15) is 0 Å². The highest BCUT2D eigenvalue weighted by atomic mass is 15.0. The van der Waals surface area contributed by atoms with Crippen LogP contribution in [0.5, 0.6) is 0 Å². The van der Waals surface area contributed by atoms with Gasteiger partial charge in [-0.05, 0) is 70.4 Å². The van der Waals surface area contributed by atoms with Gasteiger partial charge in [-0.15, -0.1) is 0 Å². The molecule has 0 atom stereocenters. The molecule has 0 N–H and O–H groups in total. The van der Waals surface area contributed by atoms with Crippen molar-refractivity contribution in [1.82, 2.24) is 9.38 Å². The van der Waals surface area contributed by atoms with Crippen LogP contribution in [0.15, 0.2) is 36.5 Å². The number of nitrogens with zero attached hydrogens (tertiary/aromatic N) is 2. The van der Waals surface area contributed by atoms with Gasteiger partial charge in [0.15, 0.2) is 0 Å². The van der Waals surface area contributed by atoms with Crippen molar-refractivity contribution < 1.29 is 0 Å². The lowest BCUT2D eigenvalue weighted by Crippen LogP contribution is -2.42. The Bertz CT molecular complexity index is 1300. The van der Waals surface area contributed by atoms with Gasteiger partial charge in [0.2, 0.25) is 0 Å². The lowest BCUT2D eigenvalue weighted by atomic mass is 9.59. The van der Waals surface area contributed by atoms with Gasteiger partial charge in [-0.3, -0.25) is 4.40 Å². The summed E-state index contributed by atoms with van der Waals surface area (Å²) in [7, 11) is 0. The third-order valence-corrected chi connectivity index (χ3v) is 8.46. The first-order valence-corrected chi connectivity index (χ1v) is 10.3. The molecule has 1 aliphatic rings. The summed E-state index contributed by atoms with van der Waals surface area (Å²) >= 11 is 0. The van der Waals surface area contributed by atoms with Gasteiger partial charge >= 0.3 is 0 Å². The summed E-state index contributed by atoms with van der Waals surface area (Å²) < 4.78 is 2.31. The van der Waals surface area contributed by atoms with E-state index in [4.69, 9.17) is 4.98 Å². The van der Waals surface area contributed by atoms with Crippen molar-refractivity contribution >= 4 is 27.5 Å². The van der Waals surface area contributed by atoms with Crippen molar-refractivity contribution in [2.45, 2.75) is 66.2 Å². The fraction of sp³-hybridized carbons (Fsp3) is 0.423. The fourth-order valence-electron chi connectivity index (χ4n) is 5.40. The average molecular weight is 371 g/mol. The highest BCUT2D eigenvalue weighted by molar-refractivity contribution is 6.00. The quantitative estimate of drug-likeness (QED) is 0.331. The Morgan fingerprint density at radius 1 is 0.786 bits per heavy atom. The van der Waals surface area contributed by atoms with Gasteiger partial charge in [0.25, 0.3) is 0 Å². The van der Waals surface area contributed by atoms with Crippen LogP contribution in [0.1, 0.15) is 63.8 Å². The largest absolute Gasteiger partial charge is 0.299 e. The minimum atomic E-state index is 0.102. The molecule has 4 aromatic rings. The van der Waals surface area contributed by atoms with E-state index < -0.39 is 0 Å². The fourth-order valence-corrected chi connectivity index (χ4v) is 5.40. The molecule has 2 aromatic heterocycles. The SMILES string of the molecule is Cc1ccc2c(C)cn3c4cc5c(cc4nc3c2c1)C(C)(C)C(C)(C)C5(C)C. The predicted molar refractivity (Wildman–Crippen MR) is 120 cm³/mol. The number of pyridine rings is 1. The zero-order valence-electron chi connectivity index (χ0n) is 18.4. The van der Waals surface area contributed by atoms with E-state index in [2.05, 4.69) is 96.3 Å². The molecule has 2 heteroatoms. The van der Waals surface area contributed by atoms with Gasteiger partial charge in [-0.2, -0.15) is 0 Å². The van der Waals surface area contributed by atoms with Crippen LogP contribution in [0.3, 0.4) is 0 Å². The summed E-state index contributed by atoms with van der Waals surface area (Å²) in [4.78, 5) is 5.13. The highest BCUT2D eigenvalue weighted by Crippen LogP contribution is 2.61. The summed E-state index contributed by atoms with van der Waals surface area (Å²) in [6.07, 6.45) is 2.26. The van der Waals surface area contributed by atoms with Crippen molar-refractivity contribution in [2.24, 2.45) is 5.41 Å². The Balaban J connectivity index is 1.95. The van der Waals surface area contributed by atoms with Gasteiger partial charge in [0, 0.05) is 11.6 Å². The molecule has 1 aliphatic carbocycles. The minimum absolute atomic E-state index is 0.102. The first-order valence-electron chi connectivity index (χ1n) is 10.3. The lowest BCUT2D eigenvalue weighted by Gasteiger charge is -2.44. The second-order valence-electron chi connectivity index (χ2n) is 10.4. The number of benzene rings is 2. The van der Waals surface area contributed by atoms with E-state index in [1.54, 1.807) is 0 Å². The van der Waals surface area contributed by atoms with Crippen LogP contribution in [-0.4, -0.2) is 9.38 Å². The Labute approximate surface area is 167 Å². The molecule has 0 unspecified atom stereocenters. The van der Waals surface area contributed by atoms with E-state index >= 15 is 0 Å². The maximum absolute atomic E-state index is 5.13. The normalized spacial score (nSPS) is 19.6. The van der Waals surface area contributed by atoms with Crippen LogP contribution in [0.2, 0.25) is 0 Å². The van der Waals surface area contributed by atoms with E-state index in [0.29, 0.717) is 0 Å². The molecule has 0 spiro atoms. The van der Waals surface area contributed by atoms with Crippen LogP contribution < -0.4 is 0 Å². The van der Waals surface area contributed by atoms with Crippen molar-refractivity contribution in [1.29, 1.82) is 0 Å². The highest BCUT2D eigenvalue weighted by Gasteiger charge is 2.56. The third kappa shape index (κ3) is 1.87. The third-order valence-electron chi connectivity index (χ3n) is 8.46. The summed E-state index contributed by atoms with van der Waals surface area (Å²) in [5.74, 6) is 0. The van der Waals surface area contributed by atoms with E-state index in [-0.39, 0.29) is 16.2 Å². The van der Waals surface area contributed by atoms with Crippen molar-refractivity contribution in [2.75, 3.05) is 0 Å². The maximum atomic E-state index is 5.13. The molecule has 0 radical (unpaired) electrons. The van der Waals surface area contributed by atoms with Crippen LogP contribution in [-0.2, 0) is 10.8 Å². The van der Waals surface area contributed by atoms with Gasteiger partial charge in [-0.25, -0.2) is 4.98 Å². The van der Waals surface area contributed by atoms with Crippen LogP contribution >= 0.6 is 0 Å². The topological polar surface area (TPSA) is 17.3 Å². The smallest absolute Gasteiger partial charge is 0.145 e. The van der Waals surface area contributed by atoms with E-state index in [0.717, 1.165) is 11.2 Å². The van der Waals surface area contributed by atoms with E-state index in [1.165, 1.54) is 38.5 Å². The molecule has 0 saturated carbocycles. The molecule has 144 valence electrons. The number of hydrogen-bond acceptors (Lipinski definition) is 1. The molecule has 5 rings (SSSR count). The van der Waals surface area contributed by atoms with E-state index in [1.807, 2.05) is 0 Å². The Hall–Kier alpha value is -2.35. The van der Waals surface area contributed by atoms with Gasteiger partial charge in [-0.1, -0.05) is 59.2 Å². The first-order chi connectivity index (χ1) is 13.0. The summed E-state index contributed by atoms with van der Waals surface area (Å²) in [5, 5.41) is 2.54. The molecule has 2 aromatic carbocycles. The number of rotatable bonds is 0. The maximum Gasteiger partial charge on any atom is 0.145 e. The number of imidazole rings is 1.